The van der Waals surface area contributed by atoms with E-state index < -0.39 is 10.0 Å². The standard InChI is InChI=1S/C20H20ClN3O4S2/c1-13-19(25)22-17-11-14(5-6-18(17)29-13)20(26)23-7-9-24(10-8-23)30(27,28)16-4-2-3-15(21)12-16/h2-6,11-13H,7-10H2,1H3,(H,22,25)/t13-/m1/s1. The molecule has 0 aromatic heterocycles. The van der Waals surface area contributed by atoms with Crippen LogP contribution in [0, 0.1) is 0 Å². The zero-order valence-electron chi connectivity index (χ0n) is 16.2. The number of thioether (sulfide) groups is 1. The van der Waals surface area contributed by atoms with Crippen molar-refractivity contribution in [1.29, 1.82) is 0 Å². The predicted molar refractivity (Wildman–Crippen MR) is 117 cm³/mol. The van der Waals surface area contributed by atoms with Crippen molar-refractivity contribution in [2.45, 2.75) is 22.0 Å². The van der Waals surface area contributed by atoms with E-state index in [1.54, 1.807) is 29.2 Å². The van der Waals surface area contributed by atoms with E-state index in [2.05, 4.69) is 5.32 Å². The first-order valence-corrected chi connectivity index (χ1v) is 12.1. The van der Waals surface area contributed by atoms with E-state index in [9.17, 15) is 18.0 Å². The molecule has 0 aliphatic carbocycles. The van der Waals surface area contributed by atoms with E-state index in [1.807, 2.05) is 13.0 Å². The molecule has 10 heteroatoms. The summed E-state index contributed by atoms with van der Waals surface area (Å²) < 4.78 is 27.0. The van der Waals surface area contributed by atoms with Crippen LogP contribution in [0.1, 0.15) is 17.3 Å². The molecule has 0 unspecified atom stereocenters. The largest absolute Gasteiger partial charge is 0.336 e. The summed E-state index contributed by atoms with van der Waals surface area (Å²) in [6.45, 7) is 2.81. The Hall–Kier alpha value is -2.07. The average Bonchev–Trinajstić information content (AvgIpc) is 2.74. The number of rotatable bonds is 3. The summed E-state index contributed by atoms with van der Waals surface area (Å²) in [4.78, 5) is 27.5. The molecule has 2 aliphatic heterocycles. The summed E-state index contributed by atoms with van der Waals surface area (Å²) in [6, 6.07) is 11.4. The Morgan fingerprint density at radius 1 is 1.13 bits per heavy atom. The van der Waals surface area contributed by atoms with Crippen molar-refractivity contribution in [2.75, 3.05) is 31.5 Å². The second-order valence-electron chi connectivity index (χ2n) is 7.11. The van der Waals surface area contributed by atoms with Crippen LogP contribution >= 0.6 is 23.4 Å². The van der Waals surface area contributed by atoms with Crippen molar-refractivity contribution in [1.82, 2.24) is 9.21 Å². The number of nitrogens with one attached hydrogen (secondary N) is 1. The lowest BCUT2D eigenvalue weighted by atomic mass is 10.1. The molecule has 4 rings (SSSR count). The Bertz CT molecular complexity index is 1110. The molecule has 0 radical (unpaired) electrons. The smallest absolute Gasteiger partial charge is 0.254 e. The second kappa shape index (κ2) is 8.22. The van der Waals surface area contributed by atoms with Crippen LogP contribution in [0.5, 0.6) is 0 Å². The van der Waals surface area contributed by atoms with E-state index in [0.717, 1.165) is 4.90 Å². The number of piperazine rings is 1. The van der Waals surface area contributed by atoms with Gasteiger partial charge in [0.05, 0.1) is 15.8 Å². The van der Waals surface area contributed by atoms with E-state index >= 15 is 0 Å². The number of benzene rings is 2. The van der Waals surface area contributed by atoms with Crippen molar-refractivity contribution >= 4 is 50.9 Å². The number of sulfonamides is 1. The zero-order chi connectivity index (χ0) is 21.5. The maximum absolute atomic E-state index is 12.9. The molecule has 1 saturated heterocycles. The predicted octanol–water partition coefficient (Wildman–Crippen LogP) is 2.92. The lowest BCUT2D eigenvalue weighted by Gasteiger charge is -2.34. The zero-order valence-corrected chi connectivity index (χ0v) is 18.6. The van der Waals surface area contributed by atoms with Crippen LogP contribution in [0.4, 0.5) is 5.69 Å². The number of carbonyl (C=O) groups excluding carboxylic acids is 2. The van der Waals surface area contributed by atoms with Crippen LogP contribution in [-0.4, -0.2) is 60.9 Å². The molecular weight excluding hydrogens is 446 g/mol. The van der Waals surface area contributed by atoms with Crippen molar-refractivity contribution in [3.63, 3.8) is 0 Å². The molecule has 2 aromatic rings. The highest BCUT2D eigenvalue weighted by Crippen LogP contribution is 2.36. The highest BCUT2D eigenvalue weighted by molar-refractivity contribution is 8.01. The number of carbonyl (C=O) groups is 2. The van der Waals surface area contributed by atoms with E-state index in [0.29, 0.717) is 16.3 Å². The van der Waals surface area contributed by atoms with E-state index in [4.69, 9.17) is 11.6 Å². The molecular formula is C20H20ClN3O4S2. The molecule has 2 heterocycles. The Morgan fingerprint density at radius 2 is 1.87 bits per heavy atom. The summed E-state index contributed by atoms with van der Waals surface area (Å²) in [6.07, 6.45) is 0. The molecule has 2 amide bonds. The minimum Gasteiger partial charge on any atom is -0.336 e. The number of halogens is 1. The van der Waals surface area contributed by atoms with Gasteiger partial charge in [-0.25, -0.2) is 8.42 Å². The quantitative estimate of drug-likeness (QED) is 0.753. The lowest BCUT2D eigenvalue weighted by Crippen LogP contribution is -2.50. The van der Waals surface area contributed by atoms with Gasteiger partial charge in [0.15, 0.2) is 0 Å². The third-order valence-electron chi connectivity index (χ3n) is 5.12. The van der Waals surface area contributed by atoms with Crippen molar-refractivity contribution in [3.8, 4) is 0 Å². The van der Waals surface area contributed by atoms with Gasteiger partial charge in [0, 0.05) is 41.7 Å². The topological polar surface area (TPSA) is 86.8 Å². The number of amides is 2. The minimum absolute atomic E-state index is 0.0862. The van der Waals surface area contributed by atoms with Gasteiger partial charge in [-0.05, 0) is 43.3 Å². The van der Waals surface area contributed by atoms with Gasteiger partial charge in [-0.3, -0.25) is 9.59 Å². The Kier molecular flexibility index (Phi) is 5.80. The molecule has 1 atom stereocenters. The van der Waals surface area contributed by atoms with Gasteiger partial charge in [0.2, 0.25) is 15.9 Å². The minimum atomic E-state index is -3.66. The third-order valence-corrected chi connectivity index (χ3v) is 8.42. The van der Waals surface area contributed by atoms with Gasteiger partial charge in [-0.15, -0.1) is 11.8 Å². The number of hydrogen-bond donors (Lipinski definition) is 1. The fraction of sp³-hybridized carbons (Fsp3) is 0.300. The normalized spacial score (nSPS) is 19.9. The van der Waals surface area contributed by atoms with E-state index in [-0.39, 0.29) is 48.1 Å². The number of hydrogen-bond acceptors (Lipinski definition) is 5. The maximum atomic E-state index is 12.9. The highest BCUT2D eigenvalue weighted by atomic mass is 35.5. The fourth-order valence-corrected chi connectivity index (χ4v) is 6.09. The third kappa shape index (κ3) is 4.07. The molecule has 0 spiro atoms. The van der Waals surface area contributed by atoms with Crippen molar-refractivity contribution < 1.29 is 18.0 Å². The molecule has 1 fully saturated rings. The van der Waals surface area contributed by atoms with Crippen LogP contribution in [0.25, 0.3) is 0 Å². The summed E-state index contributed by atoms with van der Waals surface area (Å²) in [7, 11) is -3.66. The van der Waals surface area contributed by atoms with Crippen LogP contribution in [0.3, 0.4) is 0 Å². The van der Waals surface area contributed by atoms with Gasteiger partial charge in [0.25, 0.3) is 5.91 Å². The lowest BCUT2D eigenvalue weighted by molar-refractivity contribution is -0.115. The molecule has 7 nitrogen and oxygen atoms in total. The molecule has 158 valence electrons. The second-order valence-corrected chi connectivity index (χ2v) is 10.9. The van der Waals surface area contributed by atoms with Gasteiger partial charge in [-0.2, -0.15) is 4.31 Å². The number of anilines is 1. The fourth-order valence-electron chi connectivity index (χ4n) is 3.43. The first kappa shape index (κ1) is 21.2. The van der Waals surface area contributed by atoms with Crippen LogP contribution in [0.2, 0.25) is 5.02 Å². The Labute approximate surface area is 184 Å². The van der Waals surface area contributed by atoms with Gasteiger partial charge >= 0.3 is 0 Å². The van der Waals surface area contributed by atoms with Crippen molar-refractivity contribution in [3.05, 3.63) is 53.1 Å². The van der Waals surface area contributed by atoms with Crippen LogP contribution in [0.15, 0.2) is 52.3 Å². The van der Waals surface area contributed by atoms with Gasteiger partial charge in [0.1, 0.15) is 0 Å². The monoisotopic (exact) mass is 465 g/mol. The highest BCUT2D eigenvalue weighted by Gasteiger charge is 2.31. The molecule has 0 bridgehead atoms. The first-order chi connectivity index (χ1) is 14.3. The van der Waals surface area contributed by atoms with Crippen LogP contribution < -0.4 is 5.32 Å². The maximum Gasteiger partial charge on any atom is 0.254 e. The summed E-state index contributed by atoms with van der Waals surface area (Å²) >= 11 is 7.38. The SMILES string of the molecule is C[C@H]1Sc2ccc(C(=O)N3CCN(S(=O)(=O)c4cccc(Cl)c4)CC3)cc2NC1=O. The molecule has 30 heavy (non-hydrogen) atoms. The summed E-state index contributed by atoms with van der Waals surface area (Å²) in [5, 5.41) is 3.01. The molecule has 0 saturated carbocycles. The number of fused-ring (bicyclic) bond motifs is 1. The Morgan fingerprint density at radius 3 is 2.57 bits per heavy atom. The van der Waals surface area contributed by atoms with Crippen molar-refractivity contribution in [2.24, 2.45) is 0 Å². The van der Waals surface area contributed by atoms with E-state index in [1.165, 1.54) is 28.2 Å². The van der Waals surface area contributed by atoms with Gasteiger partial charge < -0.3 is 10.2 Å². The first-order valence-electron chi connectivity index (χ1n) is 9.42. The number of nitrogens with zero attached hydrogens (tertiary/aromatic N) is 2. The Balaban J connectivity index is 1.45. The van der Waals surface area contributed by atoms with Gasteiger partial charge in [-0.1, -0.05) is 17.7 Å². The molecule has 2 aliphatic rings. The van der Waals surface area contributed by atoms with Crippen LogP contribution in [-0.2, 0) is 14.8 Å². The molecule has 2 aromatic carbocycles. The summed E-state index contributed by atoms with van der Waals surface area (Å²) in [5.41, 5.74) is 1.10. The molecule has 1 N–H and O–H groups in total. The average molecular weight is 466 g/mol. The summed E-state index contributed by atoms with van der Waals surface area (Å²) in [5.74, 6) is -0.271.